The molecular weight excluding hydrogens is 517 g/mol. The number of nitrogens with two attached hydrogens (primary N) is 1. The van der Waals surface area contributed by atoms with E-state index in [9.17, 15) is 18.0 Å². The van der Waals surface area contributed by atoms with Crippen LogP contribution >= 0.6 is 11.3 Å². The first-order chi connectivity index (χ1) is 18.4. The van der Waals surface area contributed by atoms with Gasteiger partial charge in [0.1, 0.15) is 22.3 Å². The number of carbonyl (C=O) groups is 1. The Kier molecular flexibility index (Phi) is 7.61. The van der Waals surface area contributed by atoms with Crippen molar-refractivity contribution in [3.8, 4) is 16.3 Å². The van der Waals surface area contributed by atoms with Crippen LogP contribution in [0.3, 0.4) is 0 Å². The molecule has 5 rings (SSSR count). The SMILES string of the molecule is N[C@@H]1CCCN(c2c(F)cccc2NC(=O)c2csc(-c3cnn(Cc4ccccc4OC(F)F)c3)n2)C1. The van der Waals surface area contributed by atoms with Crippen molar-refractivity contribution in [2.75, 3.05) is 23.3 Å². The lowest BCUT2D eigenvalue weighted by Gasteiger charge is -2.34. The molecule has 1 amide bonds. The first kappa shape index (κ1) is 25.7. The zero-order valence-electron chi connectivity index (χ0n) is 20.2. The summed E-state index contributed by atoms with van der Waals surface area (Å²) in [5.41, 5.74) is 8.15. The molecule has 1 fully saturated rings. The Hall–Kier alpha value is -3.90. The molecule has 0 unspecified atom stereocenters. The number of halogens is 3. The molecule has 0 bridgehead atoms. The van der Waals surface area contributed by atoms with Gasteiger partial charge >= 0.3 is 6.61 Å². The number of hydrogen-bond donors (Lipinski definition) is 2. The zero-order valence-corrected chi connectivity index (χ0v) is 21.0. The number of nitrogens with zero attached hydrogens (tertiary/aromatic N) is 4. The summed E-state index contributed by atoms with van der Waals surface area (Å²) in [6.45, 7) is -1.55. The predicted molar refractivity (Wildman–Crippen MR) is 139 cm³/mol. The van der Waals surface area contributed by atoms with Gasteiger partial charge in [0.2, 0.25) is 0 Å². The third kappa shape index (κ3) is 5.81. The normalized spacial score (nSPS) is 15.6. The summed E-state index contributed by atoms with van der Waals surface area (Å²) in [6, 6.07) is 11.0. The summed E-state index contributed by atoms with van der Waals surface area (Å²) in [7, 11) is 0. The van der Waals surface area contributed by atoms with Crippen LogP contribution in [-0.2, 0) is 6.54 Å². The standard InChI is InChI=1S/C26H25F3N6O2S/c27-19-7-3-8-20(23(19)34-10-4-6-18(30)14-34)32-24(36)21-15-38-25(33-21)17-11-31-35(13-17)12-16-5-1-2-9-22(16)37-26(28)29/h1-3,5,7-9,11,13,15,18,26H,4,6,10,12,14,30H2,(H,32,36)/t18-/m1/s1. The van der Waals surface area contributed by atoms with Crippen LogP contribution < -0.4 is 20.7 Å². The van der Waals surface area contributed by atoms with Gasteiger partial charge in [-0.05, 0) is 31.0 Å². The molecule has 0 saturated carbocycles. The maximum atomic E-state index is 14.8. The molecule has 38 heavy (non-hydrogen) atoms. The number of thiazole rings is 1. The highest BCUT2D eigenvalue weighted by atomic mass is 32.1. The average Bonchev–Trinajstić information content (AvgIpc) is 3.55. The van der Waals surface area contributed by atoms with Gasteiger partial charge in [0.05, 0.1) is 24.1 Å². The molecule has 3 N–H and O–H groups in total. The molecule has 0 aliphatic carbocycles. The second kappa shape index (κ2) is 11.2. The number of benzene rings is 2. The van der Waals surface area contributed by atoms with E-state index in [1.165, 1.54) is 23.5 Å². The molecule has 3 heterocycles. The first-order valence-corrected chi connectivity index (χ1v) is 12.9. The smallest absolute Gasteiger partial charge is 0.387 e. The highest BCUT2D eigenvalue weighted by Gasteiger charge is 2.24. The molecule has 2 aromatic carbocycles. The number of rotatable bonds is 8. The van der Waals surface area contributed by atoms with Crippen LogP contribution in [0, 0.1) is 5.82 Å². The number of para-hydroxylation sites is 2. The number of aromatic nitrogens is 3. The fourth-order valence-electron chi connectivity index (χ4n) is 4.43. The molecule has 1 saturated heterocycles. The minimum atomic E-state index is -2.93. The third-order valence-corrected chi connectivity index (χ3v) is 7.04. The highest BCUT2D eigenvalue weighted by Crippen LogP contribution is 2.32. The van der Waals surface area contributed by atoms with Crippen molar-refractivity contribution < 1.29 is 22.7 Å². The molecule has 2 aromatic heterocycles. The maximum Gasteiger partial charge on any atom is 0.387 e. The quantitative estimate of drug-likeness (QED) is 0.326. The lowest BCUT2D eigenvalue weighted by atomic mass is 10.1. The molecule has 0 spiro atoms. The monoisotopic (exact) mass is 542 g/mol. The van der Waals surface area contributed by atoms with E-state index < -0.39 is 18.3 Å². The number of carbonyl (C=O) groups excluding carboxylic acids is 1. The molecule has 4 aromatic rings. The summed E-state index contributed by atoms with van der Waals surface area (Å²) in [6.07, 6.45) is 5.02. The number of alkyl halides is 2. The van der Waals surface area contributed by atoms with Gasteiger partial charge in [-0.15, -0.1) is 11.3 Å². The summed E-state index contributed by atoms with van der Waals surface area (Å²) < 4.78 is 46.4. The average molecular weight is 543 g/mol. The van der Waals surface area contributed by atoms with Crippen LogP contribution in [0.15, 0.2) is 60.2 Å². The second-order valence-electron chi connectivity index (χ2n) is 8.89. The molecular formula is C26H25F3N6O2S. The van der Waals surface area contributed by atoms with Gasteiger partial charge in [0.15, 0.2) is 0 Å². The molecule has 0 radical (unpaired) electrons. The summed E-state index contributed by atoms with van der Waals surface area (Å²) in [5, 5.41) is 9.25. The van der Waals surface area contributed by atoms with Crippen LogP contribution in [0.25, 0.3) is 10.6 Å². The number of amides is 1. The van der Waals surface area contributed by atoms with Gasteiger partial charge < -0.3 is 20.7 Å². The van der Waals surface area contributed by atoms with Crippen LogP contribution in [0.1, 0.15) is 28.9 Å². The van der Waals surface area contributed by atoms with Gasteiger partial charge in [-0.1, -0.05) is 24.3 Å². The van der Waals surface area contributed by atoms with Crippen molar-refractivity contribution >= 4 is 28.6 Å². The van der Waals surface area contributed by atoms with Crippen molar-refractivity contribution in [1.82, 2.24) is 14.8 Å². The molecule has 1 aliphatic rings. The van der Waals surface area contributed by atoms with Crippen LogP contribution in [0.4, 0.5) is 24.5 Å². The van der Waals surface area contributed by atoms with E-state index in [1.807, 2.05) is 4.90 Å². The minimum Gasteiger partial charge on any atom is -0.434 e. The Bertz CT molecular complexity index is 1430. The van der Waals surface area contributed by atoms with Gasteiger partial charge in [-0.25, -0.2) is 9.37 Å². The number of nitrogens with one attached hydrogen (secondary N) is 1. The topological polar surface area (TPSA) is 98.3 Å². The highest BCUT2D eigenvalue weighted by molar-refractivity contribution is 7.13. The Morgan fingerprint density at radius 3 is 2.89 bits per heavy atom. The van der Waals surface area contributed by atoms with Crippen molar-refractivity contribution in [2.24, 2.45) is 5.73 Å². The Balaban J connectivity index is 1.30. The third-order valence-electron chi connectivity index (χ3n) is 6.15. The van der Waals surface area contributed by atoms with E-state index in [1.54, 1.807) is 52.8 Å². The second-order valence-corrected chi connectivity index (χ2v) is 9.75. The first-order valence-electron chi connectivity index (χ1n) is 12.0. The van der Waals surface area contributed by atoms with Crippen molar-refractivity contribution in [2.45, 2.75) is 32.0 Å². The maximum absolute atomic E-state index is 14.8. The summed E-state index contributed by atoms with van der Waals surface area (Å²) in [4.78, 5) is 19.3. The minimum absolute atomic E-state index is 0.0563. The largest absolute Gasteiger partial charge is 0.434 e. The van der Waals surface area contributed by atoms with E-state index in [-0.39, 0.29) is 24.0 Å². The predicted octanol–water partition coefficient (Wildman–Crippen LogP) is 4.98. The Morgan fingerprint density at radius 2 is 2.08 bits per heavy atom. The lowest BCUT2D eigenvalue weighted by Crippen LogP contribution is -2.43. The summed E-state index contributed by atoms with van der Waals surface area (Å²) in [5.74, 6) is -0.814. The number of piperidine rings is 1. The van der Waals surface area contributed by atoms with Gasteiger partial charge in [-0.2, -0.15) is 13.9 Å². The van der Waals surface area contributed by atoms with Crippen LogP contribution in [-0.4, -0.2) is 46.4 Å². The molecule has 198 valence electrons. The van der Waals surface area contributed by atoms with Crippen LogP contribution in [0.5, 0.6) is 5.75 Å². The van der Waals surface area contributed by atoms with Gasteiger partial charge in [0, 0.05) is 41.8 Å². The van der Waals surface area contributed by atoms with Gasteiger partial charge in [0.25, 0.3) is 5.91 Å². The number of ether oxygens (including phenoxy) is 1. The fraction of sp³-hybridized carbons (Fsp3) is 0.269. The van der Waals surface area contributed by atoms with Crippen LogP contribution in [0.2, 0.25) is 0 Å². The zero-order chi connectivity index (χ0) is 26.6. The summed E-state index contributed by atoms with van der Waals surface area (Å²) >= 11 is 1.26. The lowest BCUT2D eigenvalue weighted by molar-refractivity contribution is -0.0505. The Morgan fingerprint density at radius 1 is 1.24 bits per heavy atom. The Labute approximate surface area is 220 Å². The molecule has 1 aliphatic heterocycles. The van der Waals surface area contributed by atoms with E-state index in [2.05, 4.69) is 20.1 Å². The van der Waals surface area contributed by atoms with E-state index in [4.69, 9.17) is 5.73 Å². The molecule has 8 nitrogen and oxygen atoms in total. The van der Waals surface area contributed by atoms with Crippen molar-refractivity contribution in [1.29, 1.82) is 0 Å². The van der Waals surface area contributed by atoms with E-state index in [0.29, 0.717) is 40.6 Å². The van der Waals surface area contributed by atoms with E-state index >= 15 is 0 Å². The van der Waals surface area contributed by atoms with Crippen molar-refractivity contribution in [3.63, 3.8) is 0 Å². The molecule has 1 atom stereocenters. The fourth-order valence-corrected chi connectivity index (χ4v) is 5.20. The van der Waals surface area contributed by atoms with Crippen molar-refractivity contribution in [3.05, 3.63) is 77.3 Å². The molecule has 12 heteroatoms. The number of hydrogen-bond acceptors (Lipinski definition) is 7. The van der Waals surface area contributed by atoms with Gasteiger partial charge in [-0.3, -0.25) is 9.48 Å². The van der Waals surface area contributed by atoms with E-state index in [0.717, 1.165) is 12.8 Å². The number of anilines is 2.